The number of hydrogen-bond acceptors (Lipinski definition) is 4. The number of benzene rings is 1. The number of hydrogen-bond donors (Lipinski definition) is 1. The number of rotatable bonds is 2. The Morgan fingerprint density at radius 2 is 1.95 bits per heavy atom. The van der Waals surface area contributed by atoms with Crippen LogP contribution in [0.5, 0.6) is 0 Å². The summed E-state index contributed by atoms with van der Waals surface area (Å²) < 4.78 is 5.33. The third-order valence-corrected chi connectivity index (χ3v) is 3.12. The van der Waals surface area contributed by atoms with Gasteiger partial charge >= 0.3 is 0 Å². The maximum Gasteiger partial charge on any atom is 0.178 e. The Morgan fingerprint density at radius 3 is 2.68 bits per heavy atom. The van der Waals surface area contributed by atoms with Crippen molar-refractivity contribution in [2.24, 2.45) is 0 Å². The lowest BCUT2D eigenvalue weighted by atomic mass is 10.0. The average molecular weight is 272 g/mol. The molecule has 0 spiro atoms. The van der Waals surface area contributed by atoms with E-state index >= 15 is 0 Å². The van der Waals surface area contributed by atoms with Crippen molar-refractivity contribution in [1.82, 2.24) is 10.1 Å². The van der Waals surface area contributed by atoms with Crippen molar-refractivity contribution in [3.8, 4) is 22.5 Å². The number of nitrogens with zero attached hydrogens (tertiary/aromatic N) is 2. The molecule has 0 aliphatic rings. The van der Waals surface area contributed by atoms with E-state index in [-0.39, 0.29) is 0 Å². The van der Waals surface area contributed by atoms with Crippen LogP contribution in [0.1, 0.15) is 0 Å². The summed E-state index contributed by atoms with van der Waals surface area (Å²) in [4.78, 5) is 4.08. The predicted molar refractivity (Wildman–Crippen MR) is 74.6 cm³/mol. The van der Waals surface area contributed by atoms with Gasteiger partial charge in [0.1, 0.15) is 0 Å². The minimum absolute atomic E-state index is 0.322. The van der Waals surface area contributed by atoms with Crippen LogP contribution in [0.2, 0.25) is 5.02 Å². The number of halogens is 1. The summed E-state index contributed by atoms with van der Waals surface area (Å²) >= 11 is 6.18. The minimum atomic E-state index is 0.322. The number of anilines is 1. The molecule has 1 aromatic carbocycles. The highest BCUT2D eigenvalue weighted by Gasteiger charge is 2.19. The molecule has 4 nitrogen and oxygen atoms in total. The first kappa shape index (κ1) is 11.7. The third kappa shape index (κ3) is 2.06. The van der Waals surface area contributed by atoms with E-state index in [1.165, 1.54) is 0 Å². The Hall–Kier alpha value is -2.33. The molecular weight excluding hydrogens is 262 g/mol. The number of pyridine rings is 1. The molecular formula is C14H10ClN3O. The second-order valence-electron chi connectivity index (χ2n) is 3.99. The molecule has 2 heterocycles. The Kier molecular flexibility index (Phi) is 2.93. The molecule has 0 aliphatic heterocycles. The second kappa shape index (κ2) is 4.74. The van der Waals surface area contributed by atoms with E-state index in [1.807, 2.05) is 30.3 Å². The monoisotopic (exact) mass is 271 g/mol. The van der Waals surface area contributed by atoms with Crippen LogP contribution in [0.25, 0.3) is 22.5 Å². The highest BCUT2D eigenvalue weighted by molar-refractivity contribution is 6.33. The Balaban J connectivity index is 2.23. The lowest BCUT2D eigenvalue weighted by Crippen LogP contribution is -1.89. The van der Waals surface area contributed by atoms with Crippen LogP contribution < -0.4 is 5.73 Å². The zero-order valence-corrected chi connectivity index (χ0v) is 10.6. The zero-order valence-electron chi connectivity index (χ0n) is 9.88. The van der Waals surface area contributed by atoms with Gasteiger partial charge in [0, 0.05) is 23.5 Å². The van der Waals surface area contributed by atoms with E-state index in [9.17, 15) is 0 Å². The van der Waals surface area contributed by atoms with Gasteiger partial charge in [-0.2, -0.15) is 0 Å². The molecule has 0 fully saturated rings. The van der Waals surface area contributed by atoms with Crippen LogP contribution in [0, 0.1) is 0 Å². The van der Waals surface area contributed by atoms with Gasteiger partial charge in [-0.05, 0) is 18.2 Å². The van der Waals surface area contributed by atoms with Crippen molar-refractivity contribution < 1.29 is 4.52 Å². The Bertz CT molecular complexity index is 710. The van der Waals surface area contributed by atoms with E-state index in [0.717, 1.165) is 11.1 Å². The van der Waals surface area contributed by atoms with Crippen LogP contribution in [0.3, 0.4) is 0 Å². The molecule has 94 valence electrons. The molecule has 0 unspecified atom stereocenters. The smallest absolute Gasteiger partial charge is 0.178 e. The van der Waals surface area contributed by atoms with Crippen molar-refractivity contribution in [3.63, 3.8) is 0 Å². The molecule has 0 aliphatic carbocycles. The minimum Gasteiger partial charge on any atom is -0.380 e. The lowest BCUT2D eigenvalue weighted by Gasteiger charge is -2.03. The topological polar surface area (TPSA) is 64.9 Å². The summed E-state index contributed by atoms with van der Waals surface area (Å²) in [5.74, 6) is 0.874. The molecule has 3 rings (SSSR count). The van der Waals surface area contributed by atoms with Gasteiger partial charge in [0.25, 0.3) is 0 Å². The highest BCUT2D eigenvalue weighted by atomic mass is 35.5. The predicted octanol–water partition coefficient (Wildman–Crippen LogP) is 3.64. The fraction of sp³-hybridized carbons (Fsp3) is 0. The normalized spacial score (nSPS) is 10.6. The summed E-state index contributed by atoms with van der Waals surface area (Å²) in [5, 5.41) is 4.41. The third-order valence-electron chi connectivity index (χ3n) is 2.79. The van der Waals surface area contributed by atoms with E-state index < -0.39 is 0 Å². The first-order chi connectivity index (χ1) is 9.27. The van der Waals surface area contributed by atoms with Gasteiger partial charge in [-0.25, -0.2) is 0 Å². The van der Waals surface area contributed by atoms with Gasteiger partial charge in [-0.1, -0.05) is 35.0 Å². The van der Waals surface area contributed by atoms with E-state index in [2.05, 4.69) is 10.1 Å². The molecule has 2 aromatic heterocycles. The van der Waals surface area contributed by atoms with Gasteiger partial charge in [0.05, 0.1) is 10.6 Å². The molecule has 0 saturated carbocycles. The summed E-state index contributed by atoms with van der Waals surface area (Å²) in [7, 11) is 0. The number of aromatic nitrogens is 2. The van der Waals surface area contributed by atoms with E-state index in [1.54, 1.807) is 18.5 Å². The Labute approximate surface area is 114 Å². The Morgan fingerprint density at radius 1 is 1.11 bits per heavy atom. The summed E-state index contributed by atoms with van der Waals surface area (Å²) in [5.41, 5.74) is 8.19. The van der Waals surface area contributed by atoms with Crippen LogP contribution in [-0.2, 0) is 0 Å². The largest absolute Gasteiger partial charge is 0.380 e. The first-order valence-electron chi connectivity index (χ1n) is 5.68. The van der Waals surface area contributed by atoms with Gasteiger partial charge < -0.3 is 10.3 Å². The molecule has 0 atom stereocenters. The van der Waals surface area contributed by atoms with Crippen LogP contribution >= 0.6 is 11.6 Å². The second-order valence-corrected chi connectivity index (χ2v) is 4.40. The molecule has 5 heteroatoms. The average Bonchev–Trinajstić information content (AvgIpc) is 2.82. The first-order valence-corrected chi connectivity index (χ1v) is 6.05. The van der Waals surface area contributed by atoms with Crippen molar-refractivity contribution in [3.05, 3.63) is 53.8 Å². The number of nitrogen functional groups attached to an aromatic ring is 1. The van der Waals surface area contributed by atoms with Gasteiger partial charge in [0.15, 0.2) is 11.6 Å². The van der Waals surface area contributed by atoms with Crippen LogP contribution in [-0.4, -0.2) is 10.1 Å². The van der Waals surface area contributed by atoms with Crippen molar-refractivity contribution in [2.75, 3.05) is 5.73 Å². The van der Waals surface area contributed by atoms with Gasteiger partial charge in [-0.3, -0.25) is 4.98 Å². The van der Waals surface area contributed by atoms with Crippen molar-refractivity contribution >= 4 is 17.4 Å². The van der Waals surface area contributed by atoms with Crippen molar-refractivity contribution in [2.45, 2.75) is 0 Å². The SMILES string of the molecule is Nc1noc(-c2ccccc2Cl)c1-c1cccnc1. The standard InChI is InChI=1S/C14H10ClN3O/c15-11-6-2-1-5-10(11)13-12(14(16)18-19-13)9-4-3-7-17-8-9/h1-8H,(H2,16,18). The van der Waals surface area contributed by atoms with Gasteiger partial charge in [-0.15, -0.1) is 0 Å². The van der Waals surface area contributed by atoms with Gasteiger partial charge in [0.2, 0.25) is 0 Å². The molecule has 2 N–H and O–H groups in total. The molecule has 0 amide bonds. The highest BCUT2D eigenvalue weighted by Crippen LogP contribution is 2.38. The zero-order chi connectivity index (χ0) is 13.2. The quantitative estimate of drug-likeness (QED) is 0.773. The molecule has 3 aromatic rings. The fourth-order valence-electron chi connectivity index (χ4n) is 1.92. The maximum absolute atomic E-state index is 6.18. The molecule has 19 heavy (non-hydrogen) atoms. The fourth-order valence-corrected chi connectivity index (χ4v) is 2.14. The lowest BCUT2D eigenvalue weighted by molar-refractivity contribution is 0.436. The summed E-state index contributed by atoms with van der Waals surface area (Å²) in [6, 6.07) is 11.1. The summed E-state index contributed by atoms with van der Waals surface area (Å²) in [6.07, 6.45) is 3.41. The van der Waals surface area contributed by atoms with E-state index in [4.69, 9.17) is 21.9 Å². The summed E-state index contributed by atoms with van der Waals surface area (Å²) in [6.45, 7) is 0. The maximum atomic E-state index is 6.18. The molecule has 0 radical (unpaired) electrons. The number of nitrogens with two attached hydrogens (primary N) is 1. The molecule has 0 bridgehead atoms. The van der Waals surface area contributed by atoms with Crippen LogP contribution in [0.4, 0.5) is 5.82 Å². The van der Waals surface area contributed by atoms with E-state index in [0.29, 0.717) is 22.2 Å². The van der Waals surface area contributed by atoms with Crippen molar-refractivity contribution in [1.29, 1.82) is 0 Å². The van der Waals surface area contributed by atoms with Crippen LogP contribution in [0.15, 0.2) is 53.3 Å². The molecule has 0 saturated heterocycles.